The molecule has 0 aliphatic carbocycles. The molecule has 0 aliphatic rings. The molecular formula is C43H77O10P. The van der Waals surface area contributed by atoms with Gasteiger partial charge in [-0.1, -0.05) is 140 Å². The molecule has 0 aromatic carbocycles. The zero-order valence-electron chi connectivity index (χ0n) is 33.9. The molecule has 54 heavy (non-hydrogen) atoms. The lowest BCUT2D eigenvalue weighted by atomic mass is 10.1. The second-order valence-corrected chi connectivity index (χ2v) is 15.4. The average molecular weight is 785 g/mol. The summed E-state index contributed by atoms with van der Waals surface area (Å²) < 4.78 is 32.5. The third-order valence-corrected chi connectivity index (χ3v) is 9.71. The van der Waals surface area contributed by atoms with E-state index in [9.17, 15) is 29.3 Å². The highest BCUT2D eigenvalue weighted by Crippen LogP contribution is 2.43. The van der Waals surface area contributed by atoms with Crippen molar-refractivity contribution in [3.63, 3.8) is 0 Å². The summed E-state index contributed by atoms with van der Waals surface area (Å²) in [5, 5.41) is 19.1. The molecule has 3 atom stereocenters. The lowest BCUT2D eigenvalue weighted by molar-refractivity contribution is -0.153. The molecule has 0 spiro atoms. The van der Waals surface area contributed by atoms with E-state index in [4.69, 9.17) is 18.5 Å². The first-order valence-electron chi connectivity index (χ1n) is 21.1. The van der Waals surface area contributed by atoms with Crippen LogP contribution in [0.5, 0.6) is 0 Å². The molecule has 0 radical (unpaired) electrons. The molecule has 0 rings (SSSR count). The van der Waals surface area contributed by atoms with Crippen molar-refractivity contribution in [2.75, 3.05) is 26.4 Å². The van der Waals surface area contributed by atoms with Crippen LogP contribution in [0.3, 0.4) is 0 Å². The smallest absolute Gasteiger partial charge is 0.457 e. The molecule has 0 aromatic rings. The van der Waals surface area contributed by atoms with E-state index >= 15 is 0 Å². The van der Waals surface area contributed by atoms with Crippen LogP contribution < -0.4 is 0 Å². The van der Waals surface area contributed by atoms with Crippen molar-refractivity contribution in [1.29, 1.82) is 0 Å². The lowest BCUT2D eigenvalue weighted by Crippen LogP contribution is -2.28. The summed E-state index contributed by atoms with van der Waals surface area (Å²) >= 11 is 0. The predicted octanol–water partition coefficient (Wildman–Crippen LogP) is 10.9. The van der Waals surface area contributed by atoms with Crippen LogP contribution in [0.4, 0.5) is 0 Å². The van der Waals surface area contributed by atoms with E-state index in [-0.39, 0.29) is 12.8 Å². The van der Waals surface area contributed by atoms with Crippen LogP contribution in [-0.2, 0) is 32.7 Å². The Morgan fingerprint density at radius 3 is 1.20 bits per heavy atom. The standard InChI is InChI=1S/C43H77O10P/c1-3-5-7-9-11-13-15-17-19-20-21-23-25-27-29-31-33-35-43(47)53-41(37-45)39-51-54(48,49)50-38-40(36-44)52-42(46)34-32-30-28-26-24-22-18-16-14-12-10-8-6-4-2/h10-13,16-19,40-41,44-45H,3-9,14-15,20-39H2,1-2H3,(H,48,49)/b12-10-,13-11-,18-16-,19-17-. The number of phosphoric ester groups is 1. The predicted molar refractivity (Wildman–Crippen MR) is 219 cm³/mol. The SMILES string of the molecule is CCCC/C=C\C/C=C\CCCCCCCC(=O)OC(CO)COP(=O)(O)OCC(CO)OC(=O)CCCCCCCCC/C=C\C/C=C\CCCCC. The van der Waals surface area contributed by atoms with Gasteiger partial charge in [-0.3, -0.25) is 18.6 Å². The number of ether oxygens (including phenoxy) is 2. The van der Waals surface area contributed by atoms with Gasteiger partial charge < -0.3 is 24.6 Å². The number of carbonyl (C=O) groups excluding carboxylic acids is 2. The third-order valence-electron chi connectivity index (χ3n) is 8.76. The van der Waals surface area contributed by atoms with Crippen LogP contribution in [0.15, 0.2) is 48.6 Å². The zero-order chi connectivity index (χ0) is 39.8. The number of esters is 2. The fourth-order valence-electron chi connectivity index (χ4n) is 5.45. The van der Waals surface area contributed by atoms with Crippen molar-refractivity contribution in [2.45, 2.75) is 187 Å². The molecule has 0 aromatic heterocycles. The van der Waals surface area contributed by atoms with Crippen molar-refractivity contribution < 1.29 is 47.8 Å². The highest BCUT2D eigenvalue weighted by molar-refractivity contribution is 7.47. The minimum Gasteiger partial charge on any atom is -0.457 e. The van der Waals surface area contributed by atoms with Gasteiger partial charge in [-0.15, -0.1) is 0 Å². The van der Waals surface area contributed by atoms with Crippen molar-refractivity contribution in [3.8, 4) is 0 Å². The number of aliphatic hydroxyl groups is 2. The van der Waals surface area contributed by atoms with Crippen LogP contribution in [0.25, 0.3) is 0 Å². The maximum Gasteiger partial charge on any atom is 0.472 e. The monoisotopic (exact) mass is 785 g/mol. The molecule has 0 heterocycles. The van der Waals surface area contributed by atoms with E-state index in [0.717, 1.165) is 77.0 Å². The van der Waals surface area contributed by atoms with Crippen molar-refractivity contribution in [2.24, 2.45) is 0 Å². The van der Waals surface area contributed by atoms with Gasteiger partial charge in [-0.25, -0.2) is 4.57 Å². The highest BCUT2D eigenvalue weighted by Gasteiger charge is 2.27. The quantitative estimate of drug-likeness (QED) is 0.0238. The molecule has 0 aliphatic heterocycles. The van der Waals surface area contributed by atoms with Gasteiger partial charge in [0, 0.05) is 12.8 Å². The van der Waals surface area contributed by atoms with Gasteiger partial charge in [0.05, 0.1) is 26.4 Å². The number of unbranched alkanes of at least 4 members (excludes halogenated alkanes) is 17. The van der Waals surface area contributed by atoms with E-state index in [1.807, 2.05) is 0 Å². The van der Waals surface area contributed by atoms with Gasteiger partial charge in [-0.2, -0.15) is 0 Å². The van der Waals surface area contributed by atoms with Gasteiger partial charge in [0.1, 0.15) is 12.2 Å². The molecular weight excluding hydrogens is 707 g/mol. The second kappa shape index (κ2) is 39.2. The number of hydrogen-bond acceptors (Lipinski definition) is 9. The molecule has 0 bridgehead atoms. The van der Waals surface area contributed by atoms with Crippen LogP contribution >= 0.6 is 7.82 Å². The van der Waals surface area contributed by atoms with E-state index in [1.54, 1.807) is 0 Å². The number of aliphatic hydroxyl groups excluding tert-OH is 2. The summed E-state index contributed by atoms with van der Waals surface area (Å²) in [6.07, 6.45) is 40.8. The molecule has 10 nitrogen and oxygen atoms in total. The molecule has 314 valence electrons. The maximum absolute atomic E-state index is 12.3. The first kappa shape index (κ1) is 51.9. The van der Waals surface area contributed by atoms with Crippen molar-refractivity contribution in [3.05, 3.63) is 48.6 Å². The van der Waals surface area contributed by atoms with Crippen molar-refractivity contribution >= 4 is 19.8 Å². The minimum atomic E-state index is -4.64. The molecule has 3 N–H and O–H groups in total. The fourth-order valence-corrected chi connectivity index (χ4v) is 6.24. The second-order valence-electron chi connectivity index (χ2n) is 14.0. The summed E-state index contributed by atoms with van der Waals surface area (Å²) in [4.78, 5) is 34.5. The molecule has 0 fully saturated rings. The fraction of sp³-hybridized carbons (Fsp3) is 0.767. The summed E-state index contributed by atoms with van der Waals surface area (Å²) in [5.74, 6) is -1.04. The Bertz CT molecular complexity index is 1040. The Kier molecular flexibility index (Phi) is 37.7. The summed E-state index contributed by atoms with van der Waals surface area (Å²) in [5.41, 5.74) is 0. The van der Waals surface area contributed by atoms with Crippen LogP contribution in [0, 0.1) is 0 Å². The average Bonchev–Trinajstić information content (AvgIpc) is 3.16. The zero-order valence-corrected chi connectivity index (χ0v) is 34.8. The van der Waals surface area contributed by atoms with E-state index in [1.165, 1.54) is 57.8 Å². The van der Waals surface area contributed by atoms with E-state index in [2.05, 4.69) is 62.5 Å². The van der Waals surface area contributed by atoms with E-state index < -0.39 is 58.4 Å². The normalized spacial score (nSPS) is 14.4. The summed E-state index contributed by atoms with van der Waals surface area (Å²) in [6.45, 7) is 2.11. The van der Waals surface area contributed by atoms with E-state index in [0.29, 0.717) is 12.8 Å². The molecule has 11 heteroatoms. The van der Waals surface area contributed by atoms with Gasteiger partial charge in [-0.05, 0) is 70.6 Å². The Balaban J connectivity index is 3.97. The summed E-state index contributed by atoms with van der Waals surface area (Å²) in [6, 6.07) is 0. The Morgan fingerprint density at radius 1 is 0.500 bits per heavy atom. The topological polar surface area (TPSA) is 149 Å². The number of hydrogen-bond donors (Lipinski definition) is 3. The molecule has 0 amide bonds. The van der Waals surface area contributed by atoms with Crippen LogP contribution in [0.1, 0.15) is 174 Å². The number of phosphoric acid groups is 1. The molecule has 0 saturated carbocycles. The third kappa shape index (κ3) is 36.9. The largest absolute Gasteiger partial charge is 0.472 e. The van der Waals surface area contributed by atoms with Gasteiger partial charge >= 0.3 is 19.8 Å². The minimum absolute atomic E-state index is 0.174. The van der Waals surface area contributed by atoms with Gasteiger partial charge in [0.2, 0.25) is 0 Å². The Hall–Kier alpha value is -2.07. The number of carbonyl (C=O) groups is 2. The number of rotatable bonds is 39. The van der Waals surface area contributed by atoms with Crippen LogP contribution in [0.2, 0.25) is 0 Å². The number of allylic oxidation sites excluding steroid dienone is 8. The lowest BCUT2D eigenvalue weighted by Gasteiger charge is -2.20. The first-order valence-corrected chi connectivity index (χ1v) is 22.6. The highest BCUT2D eigenvalue weighted by atomic mass is 31.2. The van der Waals surface area contributed by atoms with Crippen molar-refractivity contribution in [1.82, 2.24) is 0 Å². The first-order chi connectivity index (χ1) is 26.3. The van der Waals surface area contributed by atoms with Crippen LogP contribution in [-0.4, -0.2) is 65.7 Å². The summed E-state index contributed by atoms with van der Waals surface area (Å²) in [7, 11) is -4.64. The molecule has 0 saturated heterocycles. The Labute approximate surface area is 328 Å². The maximum atomic E-state index is 12.3. The van der Waals surface area contributed by atoms with Gasteiger partial charge in [0.15, 0.2) is 0 Å². The Morgan fingerprint density at radius 2 is 0.833 bits per heavy atom. The molecule has 3 unspecified atom stereocenters. The van der Waals surface area contributed by atoms with Gasteiger partial charge in [0.25, 0.3) is 0 Å².